The van der Waals surface area contributed by atoms with Gasteiger partial charge in [-0.05, 0) is 30.5 Å². The van der Waals surface area contributed by atoms with E-state index in [0.717, 1.165) is 12.8 Å². The lowest BCUT2D eigenvalue weighted by molar-refractivity contribution is 0.410. The van der Waals surface area contributed by atoms with Crippen molar-refractivity contribution < 1.29 is 8.42 Å². The zero-order valence-electron chi connectivity index (χ0n) is 11.7. The van der Waals surface area contributed by atoms with E-state index in [9.17, 15) is 8.42 Å². The molecular formula is C13H20Cl2N2O2S. The van der Waals surface area contributed by atoms with E-state index in [4.69, 9.17) is 28.9 Å². The lowest BCUT2D eigenvalue weighted by Crippen LogP contribution is -2.32. The minimum absolute atomic E-state index is 0.0749. The summed E-state index contributed by atoms with van der Waals surface area (Å²) in [5.74, 6) is 0. The Bertz CT molecular complexity index is 556. The third kappa shape index (κ3) is 3.86. The lowest BCUT2D eigenvalue weighted by Gasteiger charge is -2.22. The molecular weight excluding hydrogens is 319 g/mol. The summed E-state index contributed by atoms with van der Waals surface area (Å²) in [4.78, 5) is 0.0749. The first-order valence-corrected chi connectivity index (χ1v) is 8.76. The zero-order valence-corrected chi connectivity index (χ0v) is 14.0. The van der Waals surface area contributed by atoms with E-state index < -0.39 is 10.0 Å². The van der Waals surface area contributed by atoms with Gasteiger partial charge in [-0.2, -0.15) is 4.31 Å². The molecule has 7 heteroatoms. The Hall–Kier alpha value is -0.330. The summed E-state index contributed by atoms with van der Waals surface area (Å²) in [5.41, 5.74) is 6.14. The smallest absolute Gasteiger partial charge is 0.244 e. The molecule has 1 rings (SSSR count). The maximum absolute atomic E-state index is 12.7. The second-order valence-corrected chi connectivity index (χ2v) is 7.20. The first kappa shape index (κ1) is 17.7. The second-order valence-electron chi connectivity index (χ2n) is 4.48. The highest BCUT2D eigenvalue weighted by Gasteiger charge is 2.26. The molecule has 0 aliphatic rings. The van der Waals surface area contributed by atoms with Gasteiger partial charge in [-0.25, -0.2) is 8.42 Å². The van der Waals surface area contributed by atoms with Crippen LogP contribution in [0.1, 0.15) is 32.3 Å². The van der Waals surface area contributed by atoms with Crippen LogP contribution >= 0.6 is 23.2 Å². The van der Waals surface area contributed by atoms with Gasteiger partial charge in [0.05, 0.1) is 5.02 Å². The molecule has 0 heterocycles. The molecule has 0 aliphatic heterocycles. The number of benzene rings is 1. The molecule has 114 valence electrons. The maximum atomic E-state index is 12.7. The summed E-state index contributed by atoms with van der Waals surface area (Å²) in [5, 5.41) is 0.512. The van der Waals surface area contributed by atoms with Gasteiger partial charge in [0.1, 0.15) is 4.90 Å². The van der Waals surface area contributed by atoms with Gasteiger partial charge in [-0.15, -0.1) is 0 Å². The van der Waals surface area contributed by atoms with Crippen molar-refractivity contribution in [2.24, 2.45) is 5.73 Å². The van der Waals surface area contributed by atoms with Crippen molar-refractivity contribution in [3.05, 3.63) is 27.7 Å². The molecule has 1 aromatic rings. The third-order valence-corrected chi connectivity index (χ3v) is 5.60. The molecule has 0 fully saturated rings. The first-order valence-electron chi connectivity index (χ1n) is 6.56. The SMILES string of the molecule is CCCN(CCC)S(=O)(=O)c1cc(CN)c(Cl)cc1Cl. The summed E-state index contributed by atoms with van der Waals surface area (Å²) >= 11 is 12.0. The molecule has 20 heavy (non-hydrogen) atoms. The number of hydrogen-bond donors (Lipinski definition) is 1. The Morgan fingerprint density at radius 3 is 2.10 bits per heavy atom. The molecule has 0 aromatic heterocycles. The fraction of sp³-hybridized carbons (Fsp3) is 0.538. The van der Waals surface area contributed by atoms with Crippen molar-refractivity contribution >= 4 is 33.2 Å². The van der Waals surface area contributed by atoms with Gasteiger partial charge in [0, 0.05) is 24.7 Å². The number of rotatable bonds is 7. The van der Waals surface area contributed by atoms with Crippen molar-refractivity contribution in [3.8, 4) is 0 Å². The van der Waals surface area contributed by atoms with Gasteiger partial charge in [0.15, 0.2) is 0 Å². The van der Waals surface area contributed by atoms with Crippen LogP contribution in [0.2, 0.25) is 10.0 Å². The van der Waals surface area contributed by atoms with Crippen molar-refractivity contribution in [1.82, 2.24) is 4.31 Å². The molecule has 0 aliphatic carbocycles. The van der Waals surface area contributed by atoms with E-state index in [1.54, 1.807) is 0 Å². The van der Waals surface area contributed by atoms with Crippen molar-refractivity contribution in [3.63, 3.8) is 0 Å². The van der Waals surface area contributed by atoms with Crippen LogP contribution in [-0.4, -0.2) is 25.8 Å². The molecule has 0 saturated carbocycles. The van der Waals surface area contributed by atoms with E-state index in [2.05, 4.69) is 0 Å². The summed E-state index contributed by atoms with van der Waals surface area (Å²) < 4.78 is 26.8. The average molecular weight is 339 g/mol. The van der Waals surface area contributed by atoms with Crippen LogP contribution in [-0.2, 0) is 16.6 Å². The van der Waals surface area contributed by atoms with E-state index in [0.29, 0.717) is 23.7 Å². The van der Waals surface area contributed by atoms with Gasteiger partial charge in [-0.1, -0.05) is 37.0 Å². The fourth-order valence-electron chi connectivity index (χ4n) is 1.92. The molecule has 2 N–H and O–H groups in total. The largest absolute Gasteiger partial charge is 0.326 e. The maximum Gasteiger partial charge on any atom is 0.244 e. The molecule has 1 aromatic carbocycles. The van der Waals surface area contributed by atoms with E-state index in [-0.39, 0.29) is 16.5 Å². The number of hydrogen-bond acceptors (Lipinski definition) is 3. The van der Waals surface area contributed by atoms with Crippen LogP contribution in [0.15, 0.2) is 17.0 Å². The van der Waals surface area contributed by atoms with Gasteiger partial charge in [0.25, 0.3) is 0 Å². The molecule has 0 unspecified atom stereocenters. The Morgan fingerprint density at radius 1 is 1.10 bits per heavy atom. The van der Waals surface area contributed by atoms with Crippen LogP contribution < -0.4 is 5.73 Å². The van der Waals surface area contributed by atoms with Crippen molar-refractivity contribution in [1.29, 1.82) is 0 Å². The van der Waals surface area contributed by atoms with Gasteiger partial charge in [0.2, 0.25) is 10.0 Å². The molecule has 0 saturated heterocycles. The summed E-state index contributed by atoms with van der Waals surface area (Å²) in [6.07, 6.45) is 1.49. The Morgan fingerprint density at radius 2 is 1.65 bits per heavy atom. The monoisotopic (exact) mass is 338 g/mol. The zero-order chi connectivity index (χ0) is 15.3. The van der Waals surface area contributed by atoms with Gasteiger partial charge >= 0.3 is 0 Å². The molecule has 0 amide bonds. The van der Waals surface area contributed by atoms with E-state index >= 15 is 0 Å². The fourth-order valence-corrected chi connectivity index (χ4v) is 4.39. The highest BCUT2D eigenvalue weighted by molar-refractivity contribution is 7.89. The van der Waals surface area contributed by atoms with Crippen LogP contribution in [0.25, 0.3) is 0 Å². The summed E-state index contributed by atoms with van der Waals surface area (Å²) in [6.45, 7) is 4.97. The standard InChI is InChI=1S/C13H20Cl2N2O2S/c1-3-5-17(6-4-2)20(18,19)13-7-10(9-16)11(14)8-12(13)15/h7-8H,3-6,9,16H2,1-2H3. The van der Waals surface area contributed by atoms with Crippen molar-refractivity contribution in [2.75, 3.05) is 13.1 Å². The molecule has 0 atom stereocenters. The normalized spacial score (nSPS) is 12.1. The molecule has 0 bridgehead atoms. The summed E-state index contributed by atoms with van der Waals surface area (Å²) in [6, 6.07) is 2.91. The molecule has 0 spiro atoms. The Kier molecular flexibility index (Phi) is 6.75. The van der Waals surface area contributed by atoms with Crippen LogP contribution in [0.5, 0.6) is 0 Å². The second kappa shape index (κ2) is 7.61. The first-order chi connectivity index (χ1) is 9.38. The average Bonchev–Trinajstić information content (AvgIpc) is 2.38. The Balaban J connectivity index is 3.32. The third-order valence-electron chi connectivity index (χ3n) is 2.88. The quantitative estimate of drug-likeness (QED) is 0.829. The van der Waals surface area contributed by atoms with Crippen molar-refractivity contribution in [2.45, 2.75) is 38.1 Å². The lowest BCUT2D eigenvalue weighted by atomic mass is 10.2. The number of nitrogens with zero attached hydrogens (tertiary/aromatic N) is 1. The molecule has 4 nitrogen and oxygen atoms in total. The Labute approximate surface area is 130 Å². The number of nitrogens with two attached hydrogens (primary N) is 1. The van der Waals surface area contributed by atoms with Crippen LogP contribution in [0.3, 0.4) is 0 Å². The number of halogens is 2. The van der Waals surface area contributed by atoms with E-state index in [1.807, 2.05) is 13.8 Å². The van der Waals surface area contributed by atoms with Crippen LogP contribution in [0, 0.1) is 0 Å². The van der Waals surface area contributed by atoms with Crippen LogP contribution in [0.4, 0.5) is 0 Å². The minimum atomic E-state index is -3.62. The summed E-state index contributed by atoms with van der Waals surface area (Å²) in [7, 11) is -3.62. The topological polar surface area (TPSA) is 63.4 Å². The highest BCUT2D eigenvalue weighted by atomic mass is 35.5. The molecule has 0 radical (unpaired) electrons. The predicted octanol–water partition coefficient (Wildman–Crippen LogP) is 3.26. The number of sulfonamides is 1. The predicted molar refractivity (Wildman–Crippen MR) is 83.7 cm³/mol. The minimum Gasteiger partial charge on any atom is -0.326 e. The van der Waals surface area contributed by atoms with Gasteiger partial charge < -0.3 is 5.73 Å². The van der Waals surface area contributed by atoms with E-state index in [1.165, 1.54) is 16.4 Å². The van der Waals surface area contributed by atoms with Gasteiger partial charge in [-0.3, -0.25) is 0 Å². The highest BCUT2D eigenvalue weighted by Crippen LogP contribution is 2.30.